The molecule has 4 N–H and O–H groups in total. The number of hydrogen-bond acceptors (Lipinski definition) is 4. The molecule has 2 heterocycles. The summed E-state index contributed by atoms with van der Waals surface area (Å²) >= 11 is 0. The van der Waals surface area contributed by atoms with Gasteiger partial charge in [-0.3, -0.25) is 4.79 Å². The van der Waals surface area contributed by atoms with Crippen molar-refractivity contribution in [2.75, 3.05) is 24.1 Å². The molecule has 2 aliphatic rings. The number of nitrogen functional groups attached to an aromatic ring is 1. The fourth-order valence-electron chi connectivity index (χ4n) is 4.10. The summed E-state index contributed by atoms with van der Waals surface area (Å²) in [7, 11) is 0. The third-order valence-corrected chi connectivity index (χ3v) is 5.77. The van der Waals surface area contributed by atoms with Gasteiger partial charge in [-0.1, -0.05) is 0 Å². The maximum Gasteiger partial charge on any atom is 0.317 e. The maximum absolute atomic E-state index is 13.9. The molecule has 2 amide bonds. The van der Waals surface area contributed by atoms with Crippen LogP contribution in [0.15, 0.2) is 30.3 Å². The average Bonchev–Trinajstić information content (AvgIpc) is 2.68. The van der Waals surface area contributed by atoms with E-state index >= 15 is 0 Å². The number of carbonyl (C=O) groups excluding carboxylic acids is 2. The number of hydrogen-bond donors (Lipinski definition) is 3. The minimum absolute atomic E-state index is 0.0275. The van der Waals surface area contributed by atoms with Crippen molar-refractivity contribution < 1.29 is 22.8 Å². The summed E-state index contributed by atoms with van der Waals surface area (Å²) in [4.78, 5) is 26.5. The molecule has 0 radical (unpaired) electrons. The van der Waals surface area contributed by atoms with Crippen LogP contribution in [0.2, 0.25) is 0 Å². The Hall–Kier alpha value is -3.23. The lowest BCUT2D eigenvalue weighted by Gasteiger charge is -2.45. The number of fused-ring (bicyclic) bond motifs is 1. The number of rotatable bonds is 2. The second kappa shape index (κ2) is 7.55. The zero-order valence-corrected chi connectivity index (χ0v) is 16.1. The maximum atomic E-state index is 13.9. The molecule has 0 unspecified atom stereocenters. The van der Waals surface area contributed by atoms with Gasteiger partial charge in [0, 0.05) is 47.6 Å². The summed E-state index contributed by atoms with van der Waals surface area (Å²) in [6, 6.07) is 5.66. The van der Waals surface area contributed by atoms with Crippen LogP contribution >= 0.6 is 0 Å². The van der Waals surface area contributed by atoms with Gasteiger partial charge >= 0.3 is 6.03 Å². The van der Waals surface area contributed by atoms with Crippen molar-refractivity contribution in [2.24, 2.45) is 0 Å². The van der Waals surface area contributed by atoms with Crippen molar-refractivity contribution in [2.45, 2.75) is 31.3 Å². The van der Waals surface area contributed by atoms with Crippen molar-refractivity contribution in [3.63, 3.8) is 0 Å². The molecule has 1 spiro atoms. The fourth-order valence-corrected chi connectivity index (χ4v) is 4.10. The van der Waals surface area contributed by atoms with Crippen molar-refractivity contribution in [3.8, 4) is 0 Å². The van der Waals surface area contributed by atoms with Gasteiger partial charge in [0.15, 0.2) is 5.78 Å². The van der Waals surface area contributed by atoms with E-state index in [-0.39, 0.29) is 30.0 Å². The number of amides is 2. The van der Waals surface area contributed by atoms with Crippen LogP contribution in [-0.2, 0) is 6.54 Å². The number of halogens is 3. The van der Waals surface area contributed by atoms with Crippen LogP contribution in [0.4, 0.5) is 29.3 Å². The highest BCUT2D eigenvalue weighted by Gasteiger charge is 2.41. The zero-order chi connectivity index (χ0) is 21.5. The van der Waals surface area contributed by atoms with Crippen LogP contribution in [0.3, 0.4) is 0 Å². The number of urea groups is 1. The summed E-state index contributed by atoms with van der Waals surface area (Å²) in [5.74, 6) is -2.22. The number of nitrogens with two attached hydrogens (primary N) is 1. The Morgan fingerprint density at radius 3 is 2.47 bits per heavy atom. The van der Waals surface area contributed by atoms with Gasteiger partial charge < -0.3 is 21.3 Å². The van der Waals surface area contributed by atoms with Gasteiger partial charge in [0.25, 0.3) is 0 Å². The van der Waals surface area contributed by atoms with Crippen molar-refractivity contribution in [1.29, 1.82) is 0 Å². The van der Waals surface area contributed by atoms with Gasteiger partial charge in [-0.2, -0.15) is 0 Å². The number of benzene rings is 2. The normalized spacial score (nSPS) is 17.4. The molecule has 9 heteroatoms. The van der Waals surface area contributed by atoms with Gasteiger partial charge in [-0.25, -0.2) is 18.0 Å². The monoisotopic (exact) mass is 418 g/mol. The molecule has 158 valence electrons. The van der Waals surface area contributed by atoms with E-state index in [1.165, 1.54) is 12.1 Å². The van der Waals surface area contributed by atoms with Gasteiger partial charge in [-0.15, -0.1) is 0 Å². The number of nitrogens with one attached hydrogen (secondary N) is 2. The van der Waals surface area contributed by atoms with Gasteiger partial charge in [-0.05, 0) is 43.2 Å². The first kappa shape index (κ1) is 20.1. The molecule has 0 atom stereocenters. The molecule has 0 saturated carbocycles. The summed E-state index contributed by atoms with van der Waals surface area (Å²) in [6.07, 6.45) is 1.27. The fraction of sp³-hybridized carbons (Fsp3) is 0.333. The molecule has 30 heavy (non-hydrogen) atoms. The molecule has 1 fully saturated rings. The van der Waals surface area contributed by atoms with E-state index in [1.807, 2.05) is 0 Å². The molecular weight excluding hydrogens is 397 g/mol. The SMILES string of the molecule is Nc1cc(F)c(CNC(=O)N2CCC3(CC2)CC(=O)c2cc(F)ccc2N3)c(F)c1. The predicted octanol–water partition coefficient (Wildman–Crippen LogP) is 3.43. The number of Topliss-reactive ketones (excluding diaryl/α,β-unsaturated/α-hetero) is 1. The summed E-state index contributed by atoms with van der Waals surface area (Å²) < 4.78 is 41.2. The lowest BCUT2D eigenvalue weighted by Crippen LogP contribution is -2.55. The molecule has 6 nitrogen and oxygen atoms in total. The van der Waals surface area contributed by atoms with Crippen molar-refractivity contribution >= 4 is 23.2 Å². The second-order valence-corrected chi connectivity index (χ2v) is 7.80. The Morgan fingerprint density at radius 1 is 1.13 bits per heavy atom. The Morgan fingerprint density at radius 2 is 1.80 bits per heavy atom. The molecule has 4 rings (SSSR count). The van der Waals surface area contributed by atoms with Crippen LogP contribution in [0.5, 0.6) is 0 Å². The molecule has 0 bridgehead atoms. The highest BCUT2D eigenvalue weighted by molar-refractivity contribution is 6.04. The Kier molecular flexibility index (Phi) is 5.05. The zero-order valence-electron chi connectivity index (χ0n) is 16.1. The average molecular weight is 418 g/mol. The van der Waals surface area contributed by atoms with Gasteiger partial charge in [0.05, 0.1) is 6.54 Å². The largest absolute Gasteiger partial charge is 0.399 e. The Labute approximate surface area is 171 Å². The van der Waals surface area contributed by atoms with Crippen LogP contribution in [0.1, 0.15) is 35.2 Å². The topological polar surface area (TPSA) is 87.5 Å². The van der Waals surface area contributed by atoms with E-state index in [4.69, 9.17) is 5.73 Å². The number of nitrogens with zero attached hydrogens (tertiary/aromatic N) is 1. The van der Waals surface area contributed by atoms with Crippen LogP contribution in [0.25, 0.3) is 0 Å². The lowest BCUT2D eigenvalue weighted by molar-refractivity contribution is 0.0915. The lowest BCUT2D eigenvalue weighted by atomic mass is 9.78. The first-order valence-corrected chi connectivity index (χ1v) is 9.63. The van der Waals surface area contributed by atoms with Crippen LogP contribution < -0.4 is 16.4 Å². The van der Waals surface area contributed by atoms with Crippen molar-refractivity contribution in [3.05, 3.63) is 58.9 Å². The van der Waals surface area contributed by atoms with Crippen LogP contribution in [-0.4, -0.2) is 35.3 Å². The summed E-state index contributed by atoms with van der Waals surface area (Å²) in [6.45, 7) is 0.443. The van der Waals surface area contributed by atoms with Gasteiger partial charge in [0.2, 0.25) is 0 Å². The van der Waals surface area contributed by atoms with E-state index in [0.717, 1.165) is 12.1 Å². The molecule has 1 saturated heterocycles. The Balaban J connectivity index is 1.37. The summed E-state index contributed by atoms with van der Waals surface area (Å²) in [5, 5.41) is 5.88. The standard InChI is InChI=1S/C21H21F3N4O2/c22-12-1-2-18-14(7-12)19(29)10-21(27-18)3-5-28(6-4-21)20(30)26-11-15-16(23)8-13(25)9-17(15)24/h1-2,7-9,27H,3-6,10-11,25H2,(H,26,30). The van der Waals surface area contributed by atoms with Crippen LogP contribution in [0, 0.1) is 17.5 Å². The highest BCUT2D eigenvalue weighted by atomic mass is 19.1. The molecule has 0 aliphatic carbocycles. The van der Waals surface area contributed by atoms with E-state index < -0.39 is 29.0 Å². The van der Waals surface area contributed by atoms with Crippen molar-refractivity contribution in [1.82, 2.24) is 10.2 Å². The first-order valence-electron chi connectivity index (χ1n) is 9.63. The minimum atomic E-state index is -0.814. The van der Waals surface area contributed by atoms with E-state index in [2.05, 4.69) is 10.6 Å². The molecule has 2 aromatic rings. The Bertz CT molecular complexity index is 996. The second-order valence-electron chi connectivity index (χ2n) is 7.80. The number of anilines is 2. The molecule has 2 aromatic carbocycles. The first-order chi connectivity index (χ1) is 14.3. The van der Waals surface area contributed by atoms with Gasteiger partial charge in [0.1, 0.15) is 17.5 Å². The number of piperidine rings is 1. The summed E-state index contributed by atoms with van der Waals surface area (Å²) in [5.41, 5.74) is 5.56. The number of carbonyl (C=O) groups is 2. The number of likely N-dealkylation sites (tertiary alicyclic amines) is 1. The third-order valence-electron chi connectivity index (χ3n) is 5.77. The molecule has 2 aliphatic heterocycles. The van der Waals surface area contributed by atoms with E-state index in [1.54, 1.807) is 11.0 Å². The minimum Gasteiger partial charge on any atom is -0.399 e. The smallest absolute Gasteiger partial charge is 0.317 e. The van der Waals surface area contributed by atoms with E-state index in [9.17, 15) is 22.8 Å². The molecular formula is C21H21F3N4O2. The molecule has 0 aromatic heterocycles. The predicted molar refractivity (Wildman–Crippen MR) is 106 cm³/mol. The quantitative estimate of drug-likeness (QED) is 0.652. The number of ketones is 1. The van der Waals surface area contributed by atoms with E-state index in [0.29, 0.717) is 37.2 Å². The third kappa shape index (κ3) is 3.79. The highest BCUT2D eigenvalue weighted by Crippen LogP contribution is 2.37.